The molecule has 1 nitrogen and oxygen atoms in total. The minimum absolute atomic E-state index is 0.00369. The van der Waals surface area contributed by atoms with Crippen LogP contribution in [0.1, 0.15) is 37.1 Å². The molecule has 0 radical (unpaired) electrons. The van der Waals surface area contributed by atoms with Crippen LogP contribution in [-0.2, 0) is 0 Å². The Bertz CT molecular complexity index is 584. The highest BCUT2D eigenvalue weighted by Gasteiger charge is 2.14. The van der Waals surface area contributed by atoms with Crippen LogP contribution in [-0.4, -0.2) is 0 Å². The first-order valence-electron chi connectivity index (χ1n) is 6.44. The number of benzene rings is 2. The van der Waals surface area contributed by atoms with Gasteiger partial charge in [-0.2, -0.15) is 0 Å². The first-order chi connectivity index (χ1) is 9.47. The fourth-order valence-corrected chi connectivity index (χ4v) is 2.54. The first kappa shape index (κ1) is 15.1. The summed E-state index contributed by atoms with van der Waals surface area (Å²) in [6.07, 6.45) is 0. The molecular weight excluding hydrogens is 324 g/mol. The number of rotatable bonds is 4. The molecule has 0 saturated heterocycles. The lowest BCUT2D eigenvalue weighted by Gasteiger charge is -2.21. The van der Waals surface area contributed by atoms with Gasteiger partial charge in [-0.1, -0.05) is 28.1 Å². The van der Waals surface area contributed by atoms with Crippen molar-refractivity contribution in [3.05, 3.63) is 69.7 Å². The van der Waals surface area contributed by atoms with Gasteiger partial charge in [0, 0.05) is 22.1 Å². The van der Waals surface area contributed by atoms with E-state index in [9.17, 15) is 8.78 Å². The van der Waals surface area contributed by atoms with Crippen molar-refractivity contribution in [2.24, 2.45) is 0 Å². The van der Waals surface area contributed by atoms with Crippen LogP contribution in [0.4, 0.5) is 8.78 Å². The van der Waals surface area contributed by atoms with Gasteiger partial charge in [-0.25, -0.2) is 8.78 Å². The molecule has 2 aromatic rings. The van der Waals surface area contributed by atoms with E-state index in [-0.39, 0.29) is 23.7 Å². The summed E-state index contributed by atoms with van der Waals surface area (Å²) in [5.41, 5.74) is 1.57. The lowest BCUT2D eigenvalue weighted by atomic mass is 10.0. The summed E-state index contributed by atoms with van der Waals surface area (Å²) in [6, 6.07) is 11.1. The molecule has 2 rings (SSSR count). The lowest BCUT2D eigenvalue weighted by Crippen LogP contribution is -2.23. The van der Waals surface area contributed by atoms with E-state index < -0.39 is 0 Å². The molecule has 0 fully saturated rings. The summed E-state index contributed by atoms with van der Waals surface area (Å²) >= 11 is 3.35. The predicted molar refractivity (Wildman–Crippen MR) is 80.5 cm³/mol. The highest BCUT2D eigenvalue weighted by molar-refractivity contribution is 9.10. The third kappa shape index (κ3) is 3.64. The Morgan fingerprint density at radius 3 is 2.25 bits per heavy atom. The Morgan fingerprint density at radius 2 is 1.60 bits per heavy atom. The van der Waals surface area contributed by atoms with Gasteiger partial charge in [-0.05, 0) is 49.7 Å². The fourth-order valence-electron chi connectivity index (χ4n) is 2.16. The molecule has 0 aliphatic rings. The van der Waals surface area contributed by atoms with Crippen molar-refractivity contribution in [1.29, 1.82) is 0 Å². The van der Waals surface area contributed by atoms with Crippen molar-refractivity contribution in [2.75, 3.05) is 0 Å². The molecule has 0 aliphatic heterocycles. The normalized spacial score (nSPS) is 14.1. The zero-order valence-corrected chi connectivity index (χ0v) is 12.9. The van der Waals surface area contributed by atoms with Crippen LogP contribution in [0.25, 0.3) is 0 Å². The Kier molecular flexibility index (Phi) is 4.89. The SMILES string of the molecule is CC(N[C@@H](C)c1ccc(F)cc1)c1cc(Br)ccc1F. The second-order valence-corrected chi connectivity index (χ2v) is 5.74. The quantitative estimate of drug-likeness (QED) is 0.813. The highest BCUT2D eigenvalue weighted by Crippen LogP contribution is 2.24. The van der Waals surface area contributed by atoms with Crippen molar-refractivity contribution in [3.8, 4) is 0 Å². The third-order valence-electron chi connectivity index (χ3n) is 3.29. The minimum atomic E-state index is -0.257. The summed E-state index contributed by atoms with van der Waals surface area (Å²) in [6.45, 7) is 3.88. The molecule has 0 heterocycles. The van der Waals surface area contributed by atoms with Crippen LogP contribution in [0, 0.1) is 11.6 Å². The van der Waals surface area contributed by atoms with E-state index >= 15 is 0 Å². The van der Waals surface area contributed by atoms with E-state index in [4.69, 9.17) is 0 Å². The molecule has 0 spiro atoms. The number of nitrogens with one attached hydrogen (secondary N) is 1. The molecule has 0 saturated carbocycles. The third-order valence-corrected chi connectivity index (χ3v) is 3.79. The summed E-state index contributed by atoms with van der Waals surface area (Å²) in [5, 5.41) is 3.32. The van der Waals surface area contributed by atoms with Crippen molar-refractivity contribution in [3.63, 3.8) is 0 Å². The summed E-state index contributed by atoms with van der Waals surface area (Å²) in [5.74, 6) is -0.494. The minimum Gasteiger partial charge on any atom is -0.304 e. The molecule has 20 heavy (non-hydrogen) atoms. The van der Waals surface area contributed by atoms with Crippen LogP contribution in [0.15, 0.2) is 46.9 Å². The average Bonchev–Trinajstić information content (AvgIpc) is 2.42. The van der Waals surface area contributed by atoms with Gasteiger partial charge in [0.15, 0.2) is 0 Å². The van der Waals surface area contributed by atoms with Crippen molar-refractivity contribution in [1.82, 2.24) is 5.32 Å². The van der Waals surface area contributed by atoms with Gasteiger partial charge in [-0.3, -0.25) is 0 Å². The Hall–Kier alpha value is -1.26. The summed E-state index contributed by atoms with van der Waals surface area (Å²) in [4.78, 5) is 0. The fraction of sp³-hybridized carbons (Fsp3) is 0.250. The molecule has 0 aliphatic carbocycles. The van der Waals surface area contributed by atoms with Crippen molar-refractivity contribution >= 4 is 15.9 Å². The van der Waals surface area contributed by atoms with E-state index in [1.54, 1.807) is 24.3 Å². The molecule has 0 aromatic heterocycles. The highest BCUT2D eigenvalue weighted by atomic mass is 79.9. The predicted octanol–water partition coefficient (Wildman–Crippen LogP) is 5.14. The topological polar surface area (TPSA) is 12.0 Å². The van der Waals surface area contributed by atoms with E-state index in [2.05, 4.69) is 21.2 Å². The van der Waals surface area contributed by atoms with Crippen LogP contribution < -0.4 is 5.32 Å². The maximum absolute atomic E-state index is 13.8. The van der Waals surface area contributed by atoms with Crippen LogP contribution in [0.2, 0.25) is 0 Å². The Labute approximate surface area is 126 Å². The molecule has 0 amide bonds. The maximum Gasteiger partial charge on any atom is 0.128 e. The number of hydrogen-bond donors (Lipinski definition) is 1. The average molecular weight is 340 g/mol. The summed E-state index contributed by atoms with van der Waals surface area (Å²) in [7, 11) is 0. The zero-order valence-electron chi connectivity index (χ0n) is 11.3. The molecule has 0 bridgehead atoms. The van der Waals surface area contributed by atoms with E-state index in [0.29, 0.717) is 5.56 Å². The Balaban J connectivity index is 2.12. The molecule has 1 unspecified atom stereocenters. The molecule has 1 N–H and O–H groups in total. The molecule has 2 aromatic carbocycles. The van der Waals surface area contributed by atoms with Gasteiger partial charge in [-0.15, -0.1) is 0 Å². The second-order valence-electron chi connectivity index (χ2n) is 4.83. The van der Waals surface area contributed by atoms with E-state index in [1.807, 2.05) is 13.8 Å². The number of halogens is 3. The molecule has 4 heteroatoms. The summed E-state index contributed by atoms with van der Waals surface area (Å²) < 4.78 is 27.6. The molecule has 2 atom stereocenters. The van der Waals surface area contributed by atoms with Gasteiger partial charge in [0.05, 0.1) is 0 Å². The van der Waals surface area contributed by atoms with E-state index in [1.165, 1.54) is 18.2 Å². The van der Waals surface area contributed by atoms with Gasteiger partial charge in [0.1, 0.15) is 11.6 Å². The van der Waals surface area contributed by atoms with Crippen molar-refractivity contribution in [2.45, 2.75) is 25.9 Å². The van der Waals surface area contributed by atoms with Gasteiger partial charge >= 0.3 is 0 Å². The standard InChI is InChI=1S/C16H16BrF2N/c1-10(12-3-6-14(18)7-4-12)20-11(2)15-9-13(17)5-8-16(15)19/h3-11,20H,1-2H3/t10-,11?/m0/s1. The smallest absolute Gasteiger partial charge is 0.128 e. The molecule has 106 valence electrons. The molecular formula is C16H16BrF2N. The Morgan fingerprint density at radius 1 is 0.950 bits per heavy atom. The largest absolute Gasteiger partial charge is 0.304 e. The van der Waals surface area contributed by atoms with Crippen LogP contribution >= 0.6 is 15.9 Å². The zero-order chi connectivity index (χ0) is 14.7. The van der Waals surface area contributed by atoms with Gasteiger partial charge < -0.3 is 5.32 Å². The monoisotopic (exact) mass is 339 g/mol. The maximum atomic E-state index is 13.8. The first-order valence-corrected chi connectivity index (χ1v) is 7.23. The van der Waals surface area contributed by atoms with Crippen LogP contribution in [0.3, 0.4) is 0 Å². The lowest BCUT2D eigenvalue weighted by molar-refractivity contribution is 0.473. The van der Waals surface area contributed by atoms with E-state index in [0.717, 1.165) is 10.0 Å². The second kappa shape index (κ2) is 6.46. The van der Waals surface area contributed by atoms with Gasteiger partial charge in [0.2, 0.25) is 0 Å². The van der Waals surface area contributed by atoms with Gasteiger partial charge in [0.25, 0.3) is 0 Å². The van der Waals surface area contributed by atoms with Crippen molar-refractivity contribution < 1.29 is 8.78 Å². The number of hydrogen-bond acceptors (Lipinski definition) is 1. The van der Waals surface area contributed by atoms with Crippen LogP contribution in [0.5, 0.6) is 0 Å².